The van der Waals surface area contributed by atoms with Gasteiger partial charge in [0.2, 0.25) is 0 Å². The molecule has 0 bridgehead atoms. The van der Waals surface area contributed by atoms with E-state index >= 15 is 0 Å². The van der Waals surface area contributed by atoms with E-state index < -0.39 is 5.91 Å². The van der Waals surface area contributed by atoms with E-state index in [0.717, 1.165) is 5.39 Å². The predicted molar refractivity (Wildman–Crippen MR) is 83.7 cm³/mol. The summed E-state index contributed by atoms with van der Waals surface area (Å²) in [6.45, 7) is -0.179. The predicted octanol–water partition coefficient (Wildman–Crippen LogP) is 2.69. The number of aliphatic hydroxyl groups excluding tert-OH is 1. The summed E-state index contributed by atoms with van der Waals surface area (Å²) in [5, 5.41) is 23.0. The largest absolute Gasteiger partial charge is 0.505 e. The minimum atomic E-state index is -0.453. The highest BCUT2D eigenvalue weighted by molar-refractivity contribution is 6.09. The van der Waals surface area contributed by atoms with Crippen molar-refractivity contribution < 1.29 is 15.0 Å². The first kappa shape index (κ1) is 14.0. The fourth-order valence-corrected chi connectivity index (χ4v) is 2.28. The molecule has 1 amide bonds. The third-order valence-electron chi connectivity index (χ3n) is 3.43. The summed E-state index contributed by atoms with van der Waals surface area (Å²) in [5.74, 6) is -0.608. The minimum absolute atomic E-state index is 0.138. The van der Waals surface area contributed by atoms with Crippen molar-refractivity contribution in [1.82, 2.24) is 4.98 Å². The van der Waals surface area contributed by atoms with Gasteiger partial charge in [0.15, 0.2) is 5.75 Å². The van der Waals surface area contributed by atoms with Gasteiger partial charge < -0.3 is 15.5 Å². The number of amides is 1. The van der Waals surface area contributed by atoms with Crippen molar-refractivity contribution in [3.8, 4) is 5.75 Å². The lowest BCUT2D eigenvalue weighted by Gasteiger charge is -2.11. The molecular formula is C17H14N2O3. The van der Waals surface area contributed by atoms with Crippen LogP contribution < -0.4 is 5.32 Å². The van der Waals surface area contributed by atoms with Crippen LogP contribution in [-0.2, 0) is 6.61 Å². The quantitative estimate of drug-likeness (QED) is 0.693. The molecule has 3 rings (SSSR count). The maximum atomic E-state index is 12.4. The second-order valence-electron chi connectivity index (χ2n) is 4.81. The van der Waals surface area contributed by atoms with Crippen LogP contribution in [0.2, 0.25) is 0 Å². The summed E-state index contributed by atoms with van der Waals surface area (Å²) in [6, 6.07) is 13.8. The van der Waals surface area contributed by atoms with Gasteiger partial charge in [-0.15, -0.1) is 0 Å². The number of phenolic OH excluding ortho intramolecular Hbond substituents is 1. The van der Waals surface area contributed by atoms with Gasteiger partial charge in [-0.3, -0.25) is 9.78 Å². The number of nitrogens with one attached hydrogen (secondary N) is 1. The lowest BCUT2D eigenvalue weighted by Crippen LogP contribution is -2.13. The molecule has 1 heterocycles. The molecule has 0 aliphatic carbocycles. The lowest BCUT2D eigenvalue weighted by molar-refractivity contribution is 0.102. The number of benzene rings is 2. The van der Waals surface area contributed by atoms with E-state index in [-0.39, 0.29) is 17.9 Å². The van der Waals surface area contributed by atoms with E-state index in [1.165, 1.54) is 0 Å². The molecule has 3 N–H and O–H groups in total. The fourth-order valence-electron chi connectivity index (χ4n) is 2.28. The molecule has 0 aliphatic rings. The number of pyridine rings is 1. The number of aromatic nitrogens is 1. The van der Waals surface area contributed by atoms with E-state index in [4.69, 9.17) is 0 Å². The van der Waals surface area contributed by atoms with Gasteiger partial charge in [0.05, 0.1) is 12.2 Å². The third-order valence-corrected chi connectivity index (χ3v) is 3.43. The zero-order chi connectivity index (χ0) is 15.5. The second kappa shape index (κ2) is 5.83. The van der Waals surface area contributed by atoms with Crippen LogP contribution in [0.5, 0.6) is 5.75 Å². The highest BCUT2D eigenvalue weighted by Gasteiger charge is 2.15. The number of nitrogens with zero attached hydrogens (tertiary/aromatic N) is 1. The Bertz CT molecular complexity index is 846. The Hall–Kier alpha value is -2.92. The number of hydrogen-bond acceptors (Lipinski definition) is 4. The first-order valence-corrected chi connectivity index (χ1v) is 6.77. The summed E-state index contributed by atoms with van der Waals surface area (Å²) < 4.78 is 0. The Morgan fingerprint density at radius 3 is 2.73 bits per heavy atom. The molecule has 5 heteroatoms. The van der Waals surface area contributed by atoms with Crippen molar-refractivity contribution in [3.63, 3.8) is 0 Å². The van der Waals surface area contributed by atoms with E-state index in [1.807, 2.05) is 6.07 Å². The smallest absolute Gasteiger partial charge is 0.259 e. The molecule has 2 aromatic carbocycles. The second-order valence-corrected chi connectivity index (χ2v) is 4.81. The summed E-state index contributed by atoms with van der Waals surface area (Å²) in [7, 11) is 0. The number of para-hydroxylation sites is 1. The number of aromatic hydroxyl groups is 1. The zero-order valence-corrected chi connectivity index (χ0v) is 11.7. The lowest BCUT2D eigenvalue weighted by atomic mass is 10.1. The number of carbonyl (C=O) groups is 1. The topological polar surface area (TPSA) is 82.5 Å². The normalized spacial score (nSPS) is 10.6. The van der Waals surface area contributed by atoms with Crippen LogP contribution >= 0.6 is 0 Å². The first-order chi connectivity index (χ1) is 10.7. The van der Waals surface area contributed by atoms with Crippen molar-refractivity contribution in [2.75, 3.05) is 5.32 Å². The van der Waals surface area contributed by atoms with Crippen LogP contribution in [0.3, 0.4) is 0 Å². The maximum absolute atomic E-state index is 12.4. The van der Waals surface area contributed by atoms with Gasteiger partial charge in [0.25, 0.3) is 5.91 Å². The van der Waals surface area contributed by atoms with Crippen molar-refractivity contribution in [2.24, 2.45) is 0 Å². The minimum Gasteiger partial charge on any atom is -0.505 e. The van der Waals surface area contributed by atoms with Gasteiger partial charge in [-0.25, -0.2) is 0 Å². The number of hydrogen-bond donors (Lipinski definition) is 3. The van der Waals surface area contributed by atoms with Crippen LogP contribution in [0, 0.1) is 0 Å². The number of anilines is 1. The van der Waals surface area contributed by atoms with E-state index in [9.17, 15) is 15.0 Å². The van der Waals surface area contributed by atoms with Crippen LogP contribution in [0.15, 0.2) is 54.7 Å². The van der Waals surface area contributed by atoms with Crippen LogP contribution in [0.4, 0.5) is 5.69 Å². The number of fused-ring (bicyclic) bond motifs is 1. The molecule has 0 unspecified atom stereocenters. The molecule has 0 aliphatic heterocycles. The summed E-state index contributed by atoms with van der Waals surface area (Å²) in [5.41, 5.74) is 1.63. The number of aliphatic hydroxyl groups is 1. The SMILES string of the molecule is O=C(Nc1ccccc1CO)c1ccc2cccnc2c1O. The van der Waals surface area contributed by atoms with E-state index in [0.29, 0.717) is 16.8 Å². The average molecular weight is 294 g/mol. The molecule has 0 fully saturated rings. The average Bonchev–Trinajstić information content (AvgIpc) is 2.56. The van der Waals surface area contributed by atoms with Gasteiger partial charge >= 0.3 is 0 Å². The van der Waals surface area contributed by atoms with Crippen molar-refractivity contribution in [2.45, 2.75) is 6.61 Å². The summed E-state index contributed by atoms with van der Waals surface area (Å²) >= 11 is 0. The molecule has 0 saturated carbocycles. The number of rotatable bonds is 3. The van der Waals surface area contributed by atoms with Gasteiger partial charge in [0.1, 0.15) is 5.52 Å². The number of carbonyl (C=O) groups excluding carboxylic acids is 1. The molecule has 22 heavy (non-hydrogen) atoms. The van der Waals surface area contributed by atoms with Crippen molar-refractivity contribution in [1.29, 1.82) is 0 Å². The first-order valence-electron chi connectivity index (χ1n) is 6.77. The molecule has 0 saturated heterocycles. The molecule has 0 atom stereocenters. The Morgan fingerprint density at radius 2 is 1.91 bits per heavy atom. The van der Waals surface area contributed by atoms with Crippen molar-refractivity contribution in [3.05, 3.63) is 65.9 Å². The molecule has 110 valence electrons. The molecule has 3 aromatic rings. The van der Waals surface area contributed by atoms with Gasteiger partial charge in [-0.05, 0) is 18.2 Å². The summed E-state index contributed by atoms with van der Waals surface area (Å²) in [4.78, 5) is 16.5. The highest BCUT2D eigenvalue weighted by Crippen LogP contribution is 2.27. The van der Waals surface area contributed by atoms with Crippen molar-refractivity contribution >= 4 is 22.5 Å². The summed E-state index contributed by atoms with van der Waals surface area (Å²) in [6.07, 6.45) is 1.56. The fraction of sp³-hybridized carbons (Fsp3) is 0.0588. The Labute approximate surface area is 126 Å². The Balaban J connectivity index is 1.97. The molecule has 0 radical (unpaired) electrons. The van der Waals surface area contributed by atoms with E-state index in [2.05, 4.69) is 10.3 Å². The molecular weight excluding hydrogens is 280 g/mol. The zero-order valence-electron chi connectivity index (χ0n) is 11.7. The number of phenols is 1. The van der Waals surface area contributed by atoms with Gasteiger partial charge in [0, 0.05) is 22.8 Å². The molecule has 1 aromatic heterocycles. The van der Waals surface area contributed by atoms with Gasteiger partial charge in [-0.1, -0.05) is 30.3 Å². The van der Waals surface area contributed by atoms with Crippen LogP contribution in [-0.4, -0.2) is 21.1 Å². The standard InChI is InChI=1S/C17H14N2O3/c20-10-12-4-1-2-6-14(12)19-17(22)13-8-7-11-5-3-9-18-15(11)16(13)21/h1-9,20-21H,10H2,(H,19,22). The van der Waals surface area contributed by atoms with Crippen LogP contribution in [0.1, 0.15) is 15.9 Å². The monoisotopic (exact) mass is 294 g/mol. The Morgan fingerprint density at radius 1 is 1.09 bits per heavy atom. The van der Waals surface area contributed by atoms with E-state index in [1.54, 1.807) is 48.7 Å². The highest BCUT2D eigenvalue weighted by atomic mass is 16.3. The third kappa shape index (κ3) is 2.49. The van der Waals surface area contributed by atoms with Gasteiger partial charge in [-0.2, -0.15) is 0 Å². The molecule has 5 nitrogen and oxygen atoms in total. The maximum Gasteiger partial charge on any atom is 0.259 e. The molecule has 0 spiro atoms. The van der Waals surface area contributed by atoms with Crippen LogP contribution in [0.25, 0.3) is 10.9 Å². The Kier molecular flexibility index (Phi) is 3.72.